The van der Waals surface area contributed by atoms with Crippen molar-refractivity contribution in [3.05, 3.63) is 33.8 Å². The van der Waals surface area contributed by atoms with E-state index in [1.807, 2.05) is 25.1 Å². The number of halogens is 2. The topological polar surface area (TPSA) is 21.3 Å². The van der Waals surface area contributed by atoms with Gasteiger partial charge in [-0.05, 0) is 32.0 Å². The molecule has 1 unspecified atom stereocenters. The average Bonchev–Trinajstić information content (AvgIpc) is 2.31. The van der Waals surface area contributed by atoms with E-state index in [1.54, 1.807) is 0 Å². The van der Waals surface area contributed by atoms with Crippen LogP contribution in [0.15, 0.2) is 18.2 Å². The first-order chi connectivity index (χ1) is 8.20. The zero-order chi connectivity index (χ0) is 12.7. The van der Waals surface area contributed by atoms with Crippen LogP contribution in [0.3, 0.4) is 0 Å². The Morgan fingerprint density at radius 3 is 2.41 bits per heavy atom. The lowest BCUT2D eigenvalue weighted by Gasteiger charge is -2.21. The van der Waals surface area contributed by atoms with E-state index in [9.17, 15) is 0 Å². The second-order valence-electron chi connectivity index (χ2n) is 3.80. The number of ether oxygens (including phenoxy) is 1. The number of hydrogen-bond donors (Lipinski definition) is 1. The van der Waals surface area contributed by atoms with E-state index in [4.69, 9.17) is 27.9 Å². The lowest BCUT2D eigenvalue weighted by atomic mass is 10.1. The van der Waals surface area contributed by atoms with Gasteiger partial charge in [0, 0.05) is 22.2 Å². The van der Waals surface area contributed by atoms with Gasteiger partial charge in [-0.15, -0.1) is 0 Å². The van der Waals surface area contributed by atoms with Gasteiger partial charge in [-0.3, -0.25) is 0 Å². The van der Waals surface area contributed by atoms with Gasteiger partial charge < -0.3 is 10.1 Å². The Kier molecular flexibility index (Phi) is 6.90. The lowest BCUT2D eigenvalue weighted by Crippen LogP contribution is -2.27. The summed E-state index contributed by atoms with van der Waals surface area (Å²) in [5, 5.41) is 4.78. The Morgan fingerprint density at radius 2 is 1.88 bits per heavy atom. The van der Waals surface area contributed by atoms with Crippen LogP contribution in [0.25, 0.3) is 0 Å². The highest BCUT2D eigenvalue weighted by molar-refractivity contribution is 6.36. The Balaban J connectivity index is 2.86. The maximum absolute atomic E-state index is 6.20. The summed E-state index contributed by atoms with van der Waals surface area (Å²) in [6.07, 6.45) is 1.06. The third-order valence-corrected chi connectivity index (χ3v) is 3.14. The van der Waals surface area contributed by atoms with Gasteiger partial charge in [-0.1, -0.05) is 36.2 Å². The van der Waals surface area contributed by atoms with Crippen molar-refractivity contribution in [1.82, 2.24) is 5.32 Å². The molecule has 0 saturated heterocycles. The van der Waals surface area contributed by atoms with Gasteiger partial charge in [0.25, 0.3) is 0 Å². The van der Waals surface area contributed by atoms with Gasteiger partial charge in [0.2, 0.25) is 0 Å². The van der Waals surface area contributed by atoms with Crippen molar-refractivity contribution >= 4 is 23.2 Å². The second kappa shape index (κ2) is 7.93. The Hall–Kier alpha value is -0.280. The minimum atomic E-state index is 0.0519. The molecule has 0 saturated carbocycles. The molecule has 1 atom stereocenters. The average molecular weight is 276 g/mol. The van der Waals surface area contributed by atoms with Crippen LogP contribution in [-0.2, 0) is 4.74 Å². The Labute approximate surface area is 113 Å². The smallest absolute Gasteiger partial charge is 0.0662 e. The second-order valence-corrected chi connectivity index (χ2v) is 4.62. The number of nitrogens with one attached hydrogen (secondary N) is 1. The molecule has 0 fully saturated rings. The predicted octanol–water partition coefficient (Wildman–Crippen LogP) is 4.07. The van der Waals surface area contributed by atoms with Crippen molar-refractivity contribution in [3.8, 4) is 0 Å². The van der Waals surface area contributed by atoms with Gasteiger partial charge in [0.05, 0.1) is 12.6 Å². The molecule has 17 heavy (non-hydrogen) atoms. The molecular formula is C13H19Cl2NO. The highest BCUT2D eigenvalue weighted by Crippen LogP contribution is 2.30. The van der Waals surface area contributed by atoms with Crippen molar-refractivity contribution in [3.63, 3.8) is 0 Å². The fourth-order valence-electron chi connectivity index (χ4n) is 1.64. The molecule has 0 heterocycles. The monoisotopic (exact) mass is 275 g/mol. The molecule has 0 aromatic heterocycles. The predicted molar refractivity (Wildman–Crippen MR) is 74.0 cm³/mol. The van der Waals surface area contributed by atoms with Crippen molar-refractivity contribution < 1.29 is 4.74 Å². The van der Waals surface area contributed by atoms with Crippen LogP contribution >= 0.6 is 23.2 Å². The number of benzene rings is 1. The van der Waals surface area contributed by atoms with Crippen molar-refractivity contribution in [2.45, 2.75) is 26.3 Å². The van der Waals surface area contributed by atoms with Crippen molar-refractivity contribution in [2.75, 3.05) is 19.8 Å². The molecule has 1 rings (SSSR count). The van der Waals surface area contributed by atoms with Gasteiger partial charge in [0.15, 0.2) is 0 Å². The molecule has 0 bridgehead atoms. The van der Waals surface area contributed by atoms with Crippen molar-refractivity contribution in [2.24, 2.45) is 0 Å². The van der Waals surface area contributed by atoms with Crippen LogP contribution in [0.2, 0.25) is 10.0 Å². The van der Waals surface area contributed by atoms with Crippen LogP contribution in [0.4, 0.5) is 0 Å². The summed E-state index contributed by atoms with van der Waals surface area (Å²) < 4.78 is 5.48. The molecule has 1 aromatic rings. The summed E-state index contributed by atoms with van der Waals surface area (Å²) >= 11 is 12.4. The summed E-state index contributed by atoms with van der Waals surface area (Å²) in [6, 6.07) is 5.62. The molecule has 0 radical (unpaired) electrons. The van der Waals surface area contributed by atoms with E-state index >= 15 is 0 Å². The van der Waals surface area contributed by atoms with Crippen molar-refractivity contribution in [1.29, 1.82) is 0 Å². The number of hydrogen-bond acceptors (Lipinski definition) is 2. The molecule has 96 valence electrons. The normalized spacial score (nSPS) is 12.7. The first-order valence-corrected chi connectivity index (χ1v) is 6.71. The molecule has 1 aromatic carbocycles. The zero-order valence-corrected chi connectivity index (χ0v) is 11.8. The SMILES string of the molecule is CCCNC(COCC)c1c(Cl)cccc1Cl. The largest absolute Gasteiger partial charge is 0.380 e. The molecule has 0 amide bonds. The molecule has 0 aliphatic rings. The van der Waals surface area contributed by atoms with Gasteiger partial charge in [0.1, 0.15) is 0 Å². The highest BCUT2D eigenvalue weighted by Gasteiger charge is 2.17. The van der Waals surface area contributed by atoms with Crippen LogP contribution in [0.5, 0.6) is 0 Å². The van der Waals surface area contributed by atoms with Gasteiger partial charge >= 0.3 is 0 Å². The summed E-state index contributed by atoms with van der Waals surface area (Å²) in [5.74, 6) is 0. The molecule has 2 nitrogen and oxygen atoms in total. The molecule has 0 spiro atoms. The summed E-state index contributed by atoms with van der Waals surface area (Å²) in [4.78, 5) is 0. The van der Waals surface area contributed by atoms with Gasteiger partial charge in [-0.2, -0.15) is 0 Å². The van der Waals surface area contributed by atoms with E-state index in [-0.39, 0.29) is 6.04 Å². The summed E-state index contributed by atoms with van der Waals surface area (Å²) in [7, 11) is 0. The maximum Gasteiger partial charge on any atom is 0.0662 e. The highest BCUT2D eigenvalue weighted by atomic mass is 35.5. The van der Waals surface area contributed by atoms with E-state index in [0.717, 1.165) is 18.5 Å². The molecule has 0 aliphatic carbocycles. The minimum Gasteiger partial charge on any atom is -0.380 e. The standard InChI is InChI=1S/C13H19Cl2NO/c1-3-8-16-12(9-17-4-2)13-10(14)6-5-7-11(13)15/h5-7,12,16H,3-4,8-9H2,1-2H3. The fourth-order valence-corrected chi connectivity index (χ4v) is 2.30. The quantitative estimate of drug-likeness (QED) is 0.810. The molecule has 1 N–H and O–H groups in total. The first kappa shape index (κ1) is 14.8. The third-order valence-electron chi connectivity index (χ3n) is 2.48. The fraction of sp³-hybridized carbons (Fsp3) is 0.538. The lowest BCUT2D eigenvalue weighted by molar-refractivity contribution is 0.123. The van der Waals surface area contributed by atoms with E-state index < -0.39 is 0 Å². The third kappa shape index (κ3) is 4.47. The molecular weight excluding hydrogens is 257 g/mol. The van der Waals surface area contributed by atoms with Crippen LogP contribution in [0.1, 0.15) is 31.9 Å². The Bertz CT molecular complexity index is 316. The minimum absolute atomic E-state index is 0.0519. The van der Waals surface area contributed by atoms with Crippen LogP contribution < -0.4 is 5.32 Å². The van der Waals surface area contributed by atoms with E-state index in [1.165, 1.54) is 0 Å². The number of rotatable bonds is 7. The first-order valence-electron chi connectivity index (χ1n) is 5.95. The van der Waals surface area contributed by atoms with Crippen LogP contribution in [-0.4, -0.2) is 19.8 Å². The maximum atomic E-state index is 6.20. The summed E-state index contributed by atoms with van der Waals surface area (Å²) in [6.45, 7) is 6.29. The van der Waals surface area contributed by atoms with Gasteiger partial charge in [-0.25, -0.2) is 0 Å². The van der Waals surface area contributed by atoms with Crippen LogP contribution in [0, 0.1) is 0 Å². The summed E-state index contributed by atoms with van der Waals surface area (Å²) in [5.41, 5.74) is 0.928. The van der Waals surface area contributed by atoms with E-state index in [2.05, 4.69) is 12.2 Å². The molecule has 4 heteroatoms. The Morgan fingerprint density at radius 1 is 1.24 bits per heavy atom. The zero-order valence-electron chi connectivity index (χ0n) is 10.3. The molecule has 0 aliphatic heterocycles. The van der Waals surface area contributed by atoms with E-state index in [0.29, 0.717) is 23.3 Å².